The van der Waals surface area contributed by atoms with Crippen molar-refractivity contribution in [1.82, 2.24) is 0 Å². The largest absolute Gasteiger partial charge is 0.379 e. The second kappa shape index (κ2) is 5.61. The zero-order valence-corrected chi connectivity index (χ0v) is 8.71. The molecule has 2 atom stereocenters. The lowest BCUT2D eigenvalue weighted by Crippen LogP contribution is -2.22. The lowest BCUT2D eigenvalue weighted by molar-refractivity contribution is 0.149. The van der Waals surface area contributed by atoms with E-state index in [1.165, 1.54) is 32.1 Å². The molecule has 0 spiro atoms. The Bertz CT molecular complexity index is 130. The van der Waals surface area contributed by atoms with E-state index < -0.39 is 6.23 Å². The van der Waals surface area contributed by atoms with Crippen molar-refractivity contribution < 1.29 is 5.11 Å². The zero-order chi connectivity index (χ0) is 9.68. The van der Waals surface area contributed by atoms with E-state index in [-0.39, 0.29) is 0 Å². The van der Waals surface area contributed by atoms with Gasteiger partial charge in [0.1, 0.15) is 6.23 Å². The number of rotatable bonds is 4. The van der Waals surface area contributed by atoms with Crippen molar-refractivity contribution in [3.63, 3.8) is 0 Å². The summed E-state index contributed by atoms with van der Waals surface area (Å²) >= 11 is 0. The highest BCUT2D eigenvalue weighted by Crippen LogP contribution is 2.31. The topological polar surface area (TPSA) is 46.2 Å². The van der Waals surface area contributed by atoms with Crippen LogP contribution in [0.5, 0.6) is 0 Å². The lowest BCUT2D eigenvalue weighted by Gasteiger charge is -2.27. The van der Waals surface area contributed by atoms with Gasteiger partial charge < -0.3 is 10.8 Å². The Morgan fingerprint density at radius 3 is 2.38 bits per heavy atom. The predicted octanol–water partition coefficient (Wildman–Crippen LogP) is 2.26. The molecule has 0 amide bonds. The second-order valence-corrected chi connectivity index (χ2v) is 4.52. The van der Waals surface area contributed by atoms with Crippen molar-refractivity contribution >= 4 is 0 Å². The van der Waals surface area contributed by atoms with Crippen molar-refractivity contribution in [1.29, 1.82) is 0 Å². The van der Waals surface area contributed by atoms with Crippen molar-refractivity contribution in [2.45, 2.75) is 58.1 Å². The maximum atomic E-state index is 8.98. The Labute approximate surface area is 81.5 Å². The third-order valence-corrected chi connectivity index (χ3v) is 3.37. The van der Waals surface area contributed by atoms with Gasteiger partial charge in [0.25, 0.3) is 0 Å². The number of aliphatic hydroxyl groups is 1. The summed E-state index contributed by atoms with van der Waals surface area (Å²) in [6, 6.07) is 0. The lowest BCUT2D eigenvalue weighted by atomic mass is 9.79. The van der Waals surface area contributed by atoms with E-state index >= 15 is 0 Å². The molecule has 3 N–H and O–H groups in total. The highest BCUT2D eigenvalue weighted by molar-refractivity contribution is 4.71. The molecule has 0 saturated heterocycles. The van der Waals surface area contributed by atoms with Gasteiger partial charge in [-0.2, -0.15) is 0 Å². The summed E-state index contributed by atoms with van der Waals surface area (Å²) in [5, 5.41) is 8.98. The van der Waals surface area contributed by atoms with Crippen molar-refractivity contribution in [2.24, 2.45) is 17.6 Å². The van der Waals surface area contributed by atoms with E-state index in [1.54, 1.807) is 0 Å². The van der Waals surface area contributed by atoms with Crippen LogP contribution in [0.25, 0.3) is 0 Å². The molecule has 2 heteroatoms. The summed E-state index contributed by atoms with van der Waals surface area (Å²) in [6.45, 7) is 2.30. The number of hydrogen-bond acceptors (Lipinski definition) is 2. The average Bonchev–Trinajstić information content (AvgIpc) is 2.15. The van der Waals surface area contributed by atoms with Gasteiger partial charge in [0.2, 0.25) is 0 Å². The normalized spacial score (nSPS) is 24.2. The van der Waals surface area contributed by atoms with E-state index in [0.29, 0.717) is 0 Å². The van der Waals surface area contributed by atoms with Gasteiger partial charge in [-0.25, -0.2) is 0 Å². The van der Waals surface area contributed by atoms with Gasteiger partial charge in [-0.1, -0.05) is 39.0 Å². The molecule has 1 rings (SSSR count). The van der Waals surface area contributed by atoms with E-state index in [4.69, 9.17) is 10.8 Å². The maximum Gasteiger partial charge on any atom is 0.102 e. The summed E-state index contributed by atoms with van der Waals surface area (Å²) in [5.74, 6) is 1.64. The van der Waals surface area contributed by atoms with Crippen molar-refractivity contribution in [3.8, 4) is 0 Å². The fourth-order valence-electron chi connectivity index (χ4n) is 2.37. The van der Waals surface area contributed by atoms with Crippen LogP contribution in [-0.2, 0) is 0 Å². The molecule has 0 aromatic carbocycles. The molecule has 0 aliphatic heterocycles. The molecule has 13 heavy (non-hydrogen) atoms. The Hall–Kier alpha value is -0.0800. The van der Waals surface area contributed by atoms with Crippen molar-refractivity contribution in [3.05, 3.63) is 0 Å². The fourth-order valence-corrected chi connectivity index (χ4v) is 2.37. The summed E-state index contributed by atoms with van der Waals surface area (Å²) < 4.78 is 0. The smallest absolute Gasteiger partial charge is 0.102 e. The number of hydrogen-bond donors (Lipinski definition) is 2. The quantitative estimate of drug-likeness (QED) is 0.660. The van der Waals surface area contributed by atoms with Gasteiger partial charge in [-0.15, -0.1) is 0 Å². The Morgan fingerprint density at radius 2 is 1.85 bits per heavy atom. The molecule has 0 aromatic rings. The molecule has 0 heterocycles. The monoisotopic (exact) mass is 185 g/mol. The minimum Gasteiger partial charge on any atom is -0.379 e. The van der Waals surface area contributed by atoms with Gasteiger partial charge >= 0.3 is 0 Å². The van der Waals surface area contributed by atoms with E-state index in [9.17, 15) is 0 Å². The molecule has 1 unspecified atom stereocenters. The first kappa shape index (κ1) is 11.0. The van der Waals surface area contributed by atoms with E-state index in [1.807, 2.05) is 0 Å². The summed E-state index contributed by atoms with van der Waals surface area (Å²) in [6.07, 6.45) is 8.25. The Balaban J connectivity index is 2.17. The molecule has 0 radical (unpaired) electrons. The fraction of sp³-hybridized carbons (Fsp3) is 1.00. The van der Waals surface area contributed by atoms with Crippen LogP contribution >= 0.6 is 0 Å². The van der Waals surface area contributed by atoms with Crippen LogP contribution in [0.2, 0.25) is 0 Å². The molecule has 0 aromatic heterocycles. The van der Waals surface area contributed by atoms with Crippen LogP contribution in [0.1, 0.15) is 51.9 Å². The summed E-state index contributed by atoms with van der Waals surface area (Å²) in [7, 11) is 0. The molecule has 0 bridgehead atoms. The highest BCUT2D eigenvalue weighted by Gasteiger charge is 2.19. The molecule has 78 valence electrons. The SMILES string of the molecule is CC(CC[C@@H](N)O)C1CCCCC1. The van der Waals surface area contributed by atoms with Crippen LogP contribution in [-0.4, -0.2) is 11.3 Å². The Morgan fingerprint density at radius 1 is 1.23 bits per heavy atom. The number of aliphatic hydroxyl groups excluding tert-OH is 1. The zero-order valence-electron chi connectivity index (χ0n) is 8.71. The molecule has 1 saturated carbocycles. The standard InChI is InChI=1S/C11H23NO/c1-9(7-8-11(12)13)10-5-3-2-4-6-10/h9-11,13H,2-8,12H2,1H3/t9?,11-/m0/s1. The summed E-state index contributed by atoms with van der Waals surface area (Å²) in [4.78, 5) is 0. The van der Waals surface area contributed by atoms with Crippen LogP contribution in [0.15, 0.2) is 0 Å². The Kier molecular flexibility index (Phi) is 4.74. The van der Waals surface area contributed by atoms with Gasteiger partial charge in [0.15, 0.2) is 0 Å². The summed E-state index contributed by atoms with van der Waals surface area (Å²) in [5.41, 5.74) is 5.33. The first-order valence-electron chi connectivity index (χ1n) is 5.64. The first-order valence-corrected chi connectivity index (χ1v) is 5.64. The van der Waals surface area contributed by atoms with Gasteiger partial charge in [-0.05, 0) is 24.7 Å². The third kappa shape index (κ3) is 4.10. The third-order valence-electron chi connectivity index (χ3n) is 3.37. The molecule has 1 aliphatic carbocycles. The molecule has 2 nitrogen and oxygen atoms in total. The van der Waals surface area contributed by atoms with Crippen LogP contribution in [0.3, 0.4) is 0 Å². The van der Waals surface area contributed by atoms with Crippen LogP contribution < -0.4 is 5.73 Å². The predicted molar refractivity (Wildman–Crippen MR) is 55.2 cm³/mol. The molecular formula is C11H23NO. The van der Waals surface area contributed by atoms with Gasteiger partial charge in [0.05, 0.1) is 0 Å². The van der Waals surface area contributed by atoms with Crippen LogP contribution in [0.4, 0.5) is 0 Å². The van der Waals surface area contributed by atoms with Crippen molar-refractivity contribution in [2.75, 3.05) is 0 Å². The number of nitrogens with two attached hydrogens (primary N) is 1. The van der Waals surface area contributed by atoms with Gasteiger partial charge in [-0.3, -0.25) is 0 Å². The average molecular weight is 185 g/mol. The first-order chi connectivity index (χ1) is 6.20. The molecule has 1 fully saturated rings. The van der Waals surface area contributed by atoms with Gasteiger partial charge in [0, 0.05) is 0 Å². The minimum atomic E-state index is -0.606. The minimum absolute atomic E-state index is 0.606. The maximum absolute atomic E-state index is 8.98. The van der Waals surface area contributed by atoms with E-state index in [0.717, 1.165) is 24.7 Å². The highest BCUT2D eigenvalue weighted by atomic mass is 16.3. The molecular weight excluding hydrogens is 162 g/mol. The van der Waals surface area contributed by atoms with Crippen LogP contribution in [0, 0.1) is 11.8 Å². The van der Waals surface area contributed by atoms with E-state index in [2.05, 4.69) is 6.92 Å². The second-order valence-electron chi connectivity index (χ2n) is 4.52. The molecule has 1 aliphatic rings.